The molecule has 1 aliphatic carbocycles. The van der Waals surface area contributed by atoms with Gasteiger partial charge in [-0.15, -0.1) is 5.10 Å². The van der Waals surface area contributed by atoms with Gasteiger partial charge in [-0.1, -0.05) is 37.4 Å². The number of rotatable bonds is 15. The largest absolute Gasteiger partial charge is 0.480 e. The summed E-state index contributed by atoms with van der Waals surface area (Å²) >= 11 is 6.02. The molecule has 5 N–H and O–H groups in total. The van der Waals surface area contributed by atoms with E-state index in [1.54, 1.807) is 17.7 Å². The summed E-state index contributed by atoms with van der Waals surface area (Å²) in [7, 11) is -8.44. The Kier molecular flexibility index (Phi) is 16.9. The number of carboxylic acid groups (broad SMARTS) is 1. The number of hydrogen-bond donors (Lipinski definition) is 5. The fourth-order valence-corrected chi connectivity index (χ4v) is 7.08. The molecule has 330 valence electrons. The van der Waals surface area contributed by atoms with Crippen LogP contribution < -0.4 is 19.7 Å². The summed E-state index contributed by atoms with van der Waals surface area (Å²) in [6.45, 7) is 3.20. The lowest BCUT2D eigenvalue weighted by atomic mass is 9.93. The number of benzene rings is 2. The molecule has 0 saturated carbocycles. The van der Waals surface area contributed by atoms with E-state index in [1.165, 1.54) is 12.3 Å². The molecule has 3 heterocycles. The van der Waals surface area contributed by atoms with Crippen LogP contribution in [0.25, 0.3) is 5.78 Å². The Hall–Kier alpha value is -5.45. The number of unbranched alkanes of at least 4 members (excludes halogenated alkanes) is 2. The van der Waals surface area contributed by atoms with E-state index in [0.29, 0.717) is 36.3 Å². The molecule has 6 rings (SSSR count). The van der Waals surface area contributed by atoms with E-state index in [0.717, 1.165) is 65.8 Å². The Morgan fingerprint density at radius 2 is 1.62 bits per heavy atom. The molecule has 0 unspecified atom stereocenters. The molecular weight excluding hydrogens is 878 g/mol. The molecule has 2 aromatic heterocycles. The van der Waals surface area contributed by atoms with E-state index in [9.17, 15) is 45.3 Å². The van der Waals surface area contributed by atoms with Gasteiger partial charge in [-0.3, -0.25) is 29.0 Å². The molecule has 25 heteroatoms. The lowest BCUT2D eigenvalue weighted by Gasteiger charge is -2.18. The van der Waals surface area contributed by atoms with E-state index in [4.69, 9.17) is 36.0 Å². The standard InChI is InChI=1S/C21H23ClFNO5.C12H9F2N5O2S.C3H8NO5P/c1-2-3-6-9-28-19(25)12-29-18-11-17(16(23)10-15(18)22)24-20(26)13-7-4-5-8-14(13)21(24)27;1-7-5-6-19-11(15-7)16-12(17-19)22(20,21)18-10-8(13)3-2-4-9(10)14;5-3(6)1-4-2-10(7,8)9/h10-11H,2-9,12H2,1H3;2-6,18H,1H3;4H,1-2H2,(H,5,6)(H2,7,8,9). The first-order chi connectivity index (χ1) is 28.7. The molecule has 0 bridgehead atoms. The zero-order valence-corrected chi connectivity index (χ0v) is 34.9. The lowest BCUT2D eigenvalue weighted by Crippen LogP contribution is -2.32. The minimum atomic E-state index is -4.35. The SMILES string of the molecule is CCCCCOC(=O)COc1cc(N2C(=O)C3=C(CCCC3)C2=O)c(F)cc1Cl.Cc1ccn2nc(S(=O)(=O)Nc3c(F)cccc3F)nc2n1.O=C(O)CNCP(=O)(O)O. The molecule has 2 aromatic carbocycles. The van der Waals surface area contributed by atoms with Gasteiger partial charge in [0.15, 0.2) is 6.61 Å². The summed E-state index contributed by atoms with van der Waals surface area (Å²) < 4.78 is 89.3. The second-order valence-electron chi connectivity index (χ2n) is 13.1. The number of nitrogens with one attached hydrogen (secondary N) is 2. The normalized spacial score (nSPS) is 13.9. The van der Waals surface area contributed by atoms with Crippen LogP contribution in [0.5, 0.6) is 5.75 Å². The molecule has 0 fully saturated rings. The van der Waals surface area contributed by atoms with Crippen molar-refractivity contribution in [2.24, 2.45) is 0 Å². The molecule has 0 radical (unpaired) electrons. The molecule has 0 saturated heterocycles. The maximum absolute atomic E-state index is 14.5. The number of aromatic nitrogens is 4. The molecule has 0 atom stereocenters. The number of aliphatic carboxylic acids is 1. The van der Waals surface area contributed by atoms with Crippen LogP contribution in [-0.2, 0) is 38.5 Å². The number of carbonyl (C=O) groups excluding carboxylic acids is 3. The molecule has 1 aliphatic heterocycles. The lowest BCUT2D eigenvalue weighted by molar-refractivity contribution is -0.146. The van der Waals surface area contributed by atoms with Crippen LogP contribution in [0.3, 0.4) is 0 Å². The fourth-order valence-electron chi connectivity index (χ4n) is 5.52. The molecule has 61 heavy (non-hydrogen) atoms. The van der Waals surface area contributed by atoms with Crippen molar-refractivity contribution in [2.45, 2.75) is 63.9 Å². The highest BCUT2D eigenvalue weighted by Crippen LogP contribution is 2.39. The van der Waals surface area contributed by atoms with E-state index >= 15 is 0 Å². The topological polar surface area (TPSA) is 269 Å². The number of para-hydroxylation sites is 1. The Bertz CT molecular complexity index is 2440. The minimum Gasteiger partial charge on any atom is -0.480 e. The van der Waals surface area contributed by atoms with Crippen molar-refractivity contribution in [1.82, 2.24) is 24.9 Å². The maximum Gasteiger partial charge on any atom is 0.344 e. The van der Waals surface area contributed by atoms with Crippen molar-refractivity contribution in [3.8, 4) is 5.75 Å². The zero-order chi connectivity index (χ0) is 45.1. The van der Waals surface area contributed by atoms with Crippen LogP contribution in [0, 0.1) is 24.4 Å². The van der Waals surface area contributed by atoms with Gasteiger partial charge < -0.3 is 24.4 Å². The minimum absolute atomic E-state index is 0.000883. The number of amides is 2. The van der Waals surface area contributed by atoms with Crippen LogP contribution in [0.15, 0.2) is 58.9 Å². The molecule has 4 aromatic rings. The summed E-state index contributed by atoms with van der Waals surface area (Å²) in [5, 5.41) is 13.1. The van der Waals surface area contributed by atoms with Crippen molar-refractivity contribution in [3.63, 3.8) is 0 Å². The van der Waals surface area contributed by atoms with E-state index < -0.39 is 89.1 Å². The molecule has 2 aliphatic rings. The number of fused-ring (bicyclic) bond motifs is 1. The Labute approximate surface area is 351 Å². The third-order valence-corrected chi connectivity index (χ3v) is 10.4. The predicted octanol–water partition coefficient (Wildman–Crippen LogP) is 4.64. The second-order valence-corrected chi connectivity index (χ2v) is 16.7. The van der Waals surface area contributed by atoms with Gasteiger partial charge in [0, 0.05) is 29.1 Å². The van der Waals surface area contributed by atoms with Crippen LogP contribution in [0.4, 0.5) is 24.5 Å². The summed E-state index contributed by atoms with van der Waals surface area (Å²) in [6, 6.07) is 6.75. The molecule has 0 spiro atoms. The van der Waals surface area contributed by atoms with Crippen LogP contribution in [-0.4, -0.2) is 92.7 Å². The third kappa shape index (κ3) is 13.5. The number of anilines is 2. The third-order valence-electron chi connectivity index (χ3n) is 8.35. The van der Waals surface area contributed by atoms with Crippen LogP contribution in [0.2, 0.25) is 5.02 Å². The quantitative estimate of drug-likeness (QED) is 0.0470. The smallest absolute Gasteiger partial charge is 0.344 e. The fraction of sp³-hybridized carbons (Fsp3) is 0.361. The first kappa shape index (κ1) is 48.2. The van der Waals surface area contributed by atoms with Gasteiger partial charge in [-0.05, 0) is 63.3 Å². The Balaban J connectivity index is 0.000000225. The highest BCUT2D eigenvalue weighted by atomic mass is 35.5. The molecular formula is C36H40ClF3N7O12PS. The van der Waals surface area contributed by atoms with E-state index in [2.05, 4.69) is 20.4 Å². The van der Waals surface area contributed by atoms with Gasteiger partial charge in [-0.2, -0.15) is 13.4 Å². The first-order valence-electron chi connectivity index (χ1n) is 18.2. The van der Waals surface area contributed by atoms with Gasteiger partial charge in [0.25, 0.3) is 32.8 Å². The first-order valence-corrected chi connectivity index (χ1v) is 21.9. The highest BCUT2D eigenvalue weighted by Gasteiger charge is 2.41. The van der Waals surface area contributed by atoms with Gasteiger partial charge >= 0.3 is 19.5 Å². The van der Waals surface area contributed by atoms with Crippen molar-refractivity contribution < 1.29 is 69.7 Å². The summed E-state index contributed by atoms with van der Waals surface area (Å²) in [4.78, 5) is 71.8. The zero-order valence-electron chi connectivity index (χ0n) is 32.4. The Morgan fingerprint density at radius 3 is 2.21 bits per heavy atom. The number of hydrogen-bond acceptors (Lipinski definition) is 13. The monoisotopic (exact) mass is 917 g/mol. The number of nitrogens with zero attached hydrogens (tertiary/aromatic N) is 5. The number of carbonyl (C=O) groups is 4. The summed E-state index contributed by atoms with van der Waals surface area (Å²) in [5.74, 6) is -5.57. The van der Waals surface area contributed by atoms with Gasteiger partial charge in [0.2, 0.25) is 0 Å². The average molecular weight is 918 g/mol. The van der Waals surface area contributed by atoms with Crippen molar-refractivity contribution >= 4 is 70.1 Å². The van der Waals surface area contributed by atoms with Crippen molar-refractivity contribution in [1.29, 1.82) is 0 Å². The molecule has 19 nitrogen and oxygen atoms in total. The van der Waals surface area contributed by atoms with Gasteiger partial charge in [0.1, 0.15) is 28.9 Å². The number of esters is 1. The summed E-state index contributed by atoms with van der Waals surface area (Å²) in [6.07, 6.45) is 6.28. The maximum atomic E-state index is 14.5. The predicted molar refractivity (Wildman–Crippen MR) is 211 cm³/mol. The number of carboxylic acids is 1. The average Bonchev–Trinajstić information content (AvgIpc) is 3.73. The van der Waals surface area contributed by atoms with Gasteiger partial charge in [0.05, 0.1) is 30.1 Å². The molecule has 2 amide bonds. The summed E-state index contributed by atoms with van der Waals surface area (Å²) in [5.41, 5.74) is 0.509. The highest BCUT2D eigenvalue weighted by molar-refractivity contribution is 7.92. The van der Waals surface area contributed by atoms with Crippen molar-refractivity contribution in [2.75, 3.05) is 35.7 Å². The number of aryl methyl sites for hydroxylation is 1. The van der Waals surface area contributed by atoms with Gasteiger partial charge in [-0.25, -0.2) is 32.4 Å². The van der Waals surface area contributed by atoms with E-state index in [1.807, 2.05) is 6.92 Å². The van der Waals surface area contributed by atoms with E-state index in [-0.39, 0.29) is 22.2 Å². The second kappa shape index (κ2) is 21.4. The van der Waals surface area contributed by atoms with Crippen LogP contribution >= 0.6 is 19.2 Å². The number of imide groups is 1. The van der Waals surface area contributed by atoms with Crippen molar-refractivity contribution in [3.05, 3.63) is 81.9 Å². The number of sulfonamides is 1. The number of ether oxygens (including phenoxy) is 2. The van der Waals surface area contributed by atoms with Crippen LogP contribution in [0.1, 0.15) is 57.6 Å². The number of halogens is 4. The Morgan fingerprint density at radius 1 is 0.984 bits per heavy atom.